The Hall–Kier alpha value is -5.64. The number of carbonyl (C=O) groups is 4. The molecule has 218 valence electrons. The minimum absolute atomic E-state index is 0.0783. The smallest absolute Gasteiger partial charge is 0.235 e. The lowest BCUT2D eigenvalue weighted by Crippen LogP contribution is -2.35. The highest BCUT2D eigenvalue weighted by molar-refractivity contribution is 6.52. The second-order valence-corrected chi connectivity index (χ2v) is 11.3. The highest BCUT2D eigenvalue weighted by atomic mass is 16.5. The molecule has 0 saturated heterocycles. The molecule has 1 aromatic heterocycles. The first kappa shape index (κ1) is 27.2. The van der Waals surface area contributed by atoms with Crippen molar-refractivity contribution >= 4 is 34.6 Å². The maximum atomic E-state index is 13.7. The number of hydrogen-bond acceptors (Lipinski definition) is 9. The highest BCUT2D eigenvalue weighted by Gasteiger charge is 2.52. The predicted octanol–water partition coefficient (Wildman–Crippen LogP) is 4.78. The largest absolute Gasteiger partial charge is 0.497 e. The normalized spacial score (nSPS) is 18.3. The molecular weight excluding hydrogens is 560 g/mol. The fourth-order valence-electron chi connectivity index (χ4n) is 6.10. The minimum Gasteiger partial charge on any atom is -0.497 e. The van der Waals surface area contributed by atoms with Crippen LogP contribution in [0.2, 0.25) is 0 Å². The lowest BCUT2D eigenvalue weighted by Gasteiger charge is -2.28. The number of carbonyl (C=O) groups excluding carboxylic acids is 4. The SMILES string of the molecule is COc1ccc(N(Cc2cn(C3C4=C(OC3(C)C)c3ccccc3C(=O)C4=O)nn2)C2=CC(=O)c3ccccc3C2=O)cc1. The summed E-state index contributed by atoms with van der Waals surface area (Å²) in [4.78, 5) is 54.9. The summed E-state index contributed by atoms with van der Waals surface area (Å²) in [7, 11) is 1.56. The molecule has 0 bridgehead atoms. The van der Waals surface area contributed by atoms with Crippen molar-refractivity contribution in [2.75, 3.05) is 12.0 Å². The van der Waals surface area contributed by atoms with Crippen LogP contribution in [0.4, 0.5) is 5.69 Å². The van der Waals surface area contributed by atoms with Crippen LogP contribution in [0, 0.1) is 0 Å². The van der Waals surface area contributed by atoms with Gasteiger partial charge in [0.15, 0.2) is 5.78 Å². The minimum atomic E-state index is -0.934. The maximum Gasteiger partial charge on any atom is 0.235 e. The van der Waals surface area contributed by atoms with Gasteiger partial charge >= 0.3 is 0 Å². The number of ether oxygens (including phenoxy) is 2. The second-order valence-electron chi connectivity index (χ2n) is 11.3. The Morgan fingerprint density at radius 3 is 2.16 bits per heavy atom. The van der Waals surface area contributed by atoms with Crippen LogP contribution in [0.1, 0.15) is 62.2 Å². The van der Waals surface area contributed by atoms with Gasteiger partial charge < -0.3 is 14.4 Å². The molecule has 1 aliphatic heterocycles. The van der Waals surface area contributed by atoms with Crippen LogP contribution in [-0.2, 0) is 16.1 Å². The number of hydrogen-bond donors (Lipinski definition) is 0. The van der Waals surface area contributed by atoms with Crippen LogP contribution in [0.15, 0.2) is 96.3 Å². The number of aromatic nitrogens is 3. The molecule has 3 aromatic carbocycles. The van der Waals surface area contributed by atoms with Gasteiger partial charge in [-0.2, -0.15) is 0 Å². The van der Waals surface area contributed by atoms with Gasteiger partial charge in [0.2, 0.25) is 17.3 Å². The average Bonchev–Trinajstić information content (AvgIpc) is 3.61. The Balaban J connectivity index is 1.28. The second kappa shape index (κ2) is 9.98. The Bertz CT molecular complexity index is 1970. The maximum absolute atomic E-state index is 13.7. The predicted molar refractivity (Wildman–Crippen MR) is 159 cm³/mol. The summed E-state index contributed by atoms with van der Waals surface area (Å²) in [6.45, 7) is 3.74. The monoisotopic (exact) mass is 586 g/mol. The molecule has 4 aromatic rings. The van der Waals surface area contributed by atoms with Gasteiger partial charge in [-0.05, 0) is 38.1 Å². The fourth-order valence-corrected chi connectivity index (χ4v) is 6.10. The van der Waals surface area contributed by atoms with Gasteiger partial charge in [0.25, 0.3) is 0 Å². The lowest BCUT2D eigenvalue weighted by molar-refractivity contribution is -0.112. The summed E-state index contributed by atoms with van der Waals surface area (Å²) in [6, 6.07) is 20.0. The van der Waals surface area contributed by atoms with E-state index in [1.807, 2.05) is 13.8 Å². The van der Waals surface area contributed by atoms with Gasteiger partial charge in [-0.3, -0.25) is 19.2 Å². The van der Waals surface area contributed by atoms with E-state index in [0.717, 1.165) is 0 Å². The van der Waals surface area contributed by atoms with Crippen molar-refractivity contribution in [1.82, 2.24) is 15.0 Å². The van der Waals surface area contributed by atoms with Crippen molar-refractivity contribution < 1.29 is 28.7 Å². The molecule has 1 atom stereocenters. The summed E-state index contributed by atoms with van der Waals surface area (Å²) in [5.41, 5.74) is 2.13. The summed E-state index contributed by atoms with van der Waals surface area (Å²) in [6.07, 6.45) is 3.01. The van der Waals surface area contributed by atoms with Gasteiger partial charge in [0.1, 0.15) is 28.8 Å². The van der Waals surface area contributed by atoms with Crippen molar-refractivity contribution in [2.45, 2.75) is 32.0 Å². The average molecular weight is 587 g/mol. The molecule has 2 aliphatic carbocycles. The number of Topliss-reactive ketones (excluding diaryl/α,β-unsaturated/α-hetero) is 3. The molecule has 1 unspecified atom stereocenters. The number of anilines is 1. The Labute approximate surface area is 252 Å². The first-order valence-electron chi connectivity index (χ1n) is 14.0. The molecule has 2 heterocycles. The van der Waals surface area contributed by atoms with Crippen molar-refractivity contribution in [3.8, 4) is 5.75 Å². The molecule has 0 N–H and O–H groups in total. The quantitative estimate of drug-likeness (QED) is 0.294. The molecule has 7 rings (SSSR count). The van der Waals surface area contributed by atoms with Crippen LogP contribution in [0.25, 0.3) is 5.76 Å². The van der Waals surface area contributed by atoms with E-state index in [1.54, 1.807) is 91.0 Å². The van der Waals surface area contributed by atoms with Crippen molar-refractivity contribution in [3.05, 3.63) is 124 Å². The third-order valence-corrected chi connectivity index (χ3v) is 8.16. The van der Waals surface area contributed by atoms with Crippen molar-refractivity contribution in [1.29, 1.82) is 0 Å². The third-order valence-electron chi connectivity index (χ3n) is 8.16. The Kier molecular flexibility index (Phi) is 6.17. The Morgan fingerprint density at radius 1 is 0.841 bits per heavy atom. The van der Waals surface area contributed by atoms with Gasteiger partial charge in [0.05, 0.1) is 31.1 Å². The van der Waals surface area contributed by atoms with Crippen LogP contribution in [0.5, 0.6) is 5.75 Å². The van der Waals surface area contributed by atoms with E-state index in [9.17, 15) is 19.2 Å². The van der Waals surface area contributed by atoms with E-state index in [0.29, 0.717) is 45.1 Å². The van der Waals surface area contributed by atoms with Crippen LogP contribution in [-0.4, -0.2) is 50.8 Å². The molecule has 0 spiro atoms. The molecule has 10 heteroatoms. The zero-order valence-electron chi connectivity index (χ0n) is 24.1. The number of rotatable bonds is 6. The molecule has 10 nitrogen and oxygen atoms in total. The van der Waals surface area contributed by atoms with Crippen LogP contribution in [0.3, 0.4) is 0 Å². The summed E-state index contributed by atoms with van der Waals surface area (Å²) >= 11 is 0. The van der Waals surface area contributed by atoms with Gasteiger partial charge in [-0.1, -0.05) is 53.7 Å². The first-order chi connectivity index (χ1) is 21.2. The zero-order valence-corrected chi connectivity index (χ0v) is 24.1. The lowest BCUT2D eigenvalue weighted by atomic mass is 9.83. The Morgan fingerprint density at radius 2 is 1.48 bits per heavy atom. The van der Waals surface area contributed by atoms with E-state index in [2.05, 4.69) is 10.3 Å². The van der Waals surface area contributed by atoms with E-state index < -0.39 is 23.2 Å². The molecule has 44 heavy (non-hydrogen) atoms. The first-order valence-corrected chi connectivity index (χ1v) is 14.0. The van der Waals surface area contributed by atoms with Gasteiger partial charge in [-0.15, -0.1) is 5.10 Å². The fraction of sp³-hybridized carbons (Fsp3) is 0.176. The molecule has 0 saturated carbocycles. The number of methoxy groups -OCH3 is 1. The third kappa shape index (κ3) is 4.17. The summed E-state index contributed by atoms with van der Waals surface area (Å²) < 4.78 is 13.1. The summed E-state index contributed by atoms with van der Waals surface area (Å²) in [5, 5.41) is 8.74. The molecule has 0 radical (unpaired) electrons. The molecule has 3 aliphatic rings. The zero-order chi connectivity index (χ0) is 30.7. The molecular formula is C34H26N4O6. The van der Waals surface area contributed by atoms with Crippen molar-refractivity contribution in [3.63, 3.8) is 0 Å². The van der Waals surface area contributed by atoms with Gasteiger partial charge in [-0.25, -0.2) is 4.68 Å². The van der Waals surface area contributed by atoms with E-state index in [1.165, 1.54) is 10.8 Å². The topological polar surface area (TPSA) is 121 Å². The van der Waals surface area contributed by atoms with Gasteiger partial charge in [0, 0.05) is 34.0 Å². The highest BCUT2D eigenvalue weighted by Crippen LogP contribution is 2.49. The van der Waals surface area contributed by atoms with E-state index in [4.69, 9.17) is 9.47 Å². The number of allylic oxidation sites excluding steroid dienone is 2. The van der Waals surface area contributed by atoms with E-state index >= 15 is 0 Å². The van der Waals surface area contributed by atoms with Crippen LogP contribution >= 0.6 is 0 Å². The number of ketones is 4. The van der Waals surface area contributed by atoms with Crippen LogP contribution < -0.4 is 9.64 Å². The summed E-state index contributed by atoms with van der Waals surface area (Å²) in [5.74, 6) is -0.806. The number of fused-ring (bicyclic) bond motifs is 3. The molecule has 0 fully saturated rings. The molecule has 0 amide bonds. The van der Waals surface area contributed by atoms with E-state index in [-0.39, 0.29) is 29.4 Å². The standard InChI is InChI=1S/C34H26N4O6/c1-34(2)33(28-31(42)30(41)24-10-6-7-11-25(24)32(28)44-34)38-18-19(35-36-38)17-37(20-12-14-21(43-3)15-13-20)26-16-27(39)22-8-4-5-9-23(22)29(26)40/h4-16,18,33H,17H2,1-3H3. The number of nitrogens with zero attached hydrogens (tertiary/aromatic N) is 4. The van der Waals surface area contributed by atoms with Crippen molar-refractivity contribution in [2.24, 2.45) is 0 Å². The number of benzene rings is 3.